The molecule has 3 rings (SSSR count). The van der Waals surface area contributed by atoms with E-state index in [0.717, 1.165) is 32.0 Å². The second-order valence-corrected chi connectivity index (χ2v) is 6.23. The van der Waals surface area contributed by atoms with Gasteiger partial charge in [-0.15, -0.1) is 6.58 Å². The summed E-state index contributed by atoms with van der Waals surface area (Å²) in [6, 6.07) is 7.31. The minimum Gasteiger partial charge on any atom is -0.349 e. The second-order valence-electron chi connectivity index (χ2n) is 6.23. The fourth-order valence-electron chi connectivity index (χ4n) is 3.43. The second kappa shape index (κ2) is 6.96. The highest BCUT2D eigenvalue weighted by molar-refractivity contribution is 5.97. The number of hydrogen-bond acceptors (Lipinski definition) is 3. The van der Waals surface area contributed by atoms with E-state index in [1.807, 2.05) is 4.90 Å². The SMILES string of the molecule is C=CCNC(=O)c1ccc(C(=O)N2CC[C@@H]3CCN[C@@H]3C2)cc1. The Morgan fingerprint density at radius 3 is 2.74 bits per heavy atom. The molecule has 0 aromatic heterocycles. The minimum atomic E-state index is -0.153. The number of fused-ring (bicyclic) bond motifs is 1. The van der Waals surface area contributed by atoms with Crippen molar-refractivity contribution in [2.45, 2.75) is 18.9 Å². The van der Waals surface area contributed by atoms with Crippen molar-refractivity contribution in [3.63, 3.8) is 0 Å². The van der Waals surface area contributed by atoms with Gasteiger partial charge in [0, 0.05) is 36.8 Å². The highest BCUT2D eigenvalue weighted by atomic mass is 16.2. The summed E-state index contributed by atoms with van der Waals surface area (Å²) in [5, 5.41) is 6.21. The summed E-state index contributed by atoms with van der Waals surface area (Å²) in [6.45, 7) is 6.67. The lowest BCUT2D eigenvalue weighted by Crippen LogP contribution is -2.48. The molecule has 2 amide bonds. The lowest BCUT2D eigenvalue weighted by atomic mass is 9.92. The zero-order valence-electron chi connectivity index (χ0n) is 13.3. The van der Waals surface area contributed by atoms with Crippen molar-refractivity contribution >= 4 is 11.8 Å². The van der Waals surface area contributed by atoms with Crippen LogP contribution < -0.4 is 10.6 Å². The first-order valence-corrected chi connectivity index (χ1v) is 8.21. The minimum absolute atomic E-state index is 0.0511. The van der Waals surface area contributed by atoms with E-state index < -0.39 is 0 Å². The maximum absolute atomic E-state index is 12.6. The number of carbonyl (C=O) groups excluding carboxylic acids is 2. The Labute approximate surface area is 136 Å². The van der Waals surface area contributed by atoms with Gasteiger partial charge in [0.2, 0.25) is 0 Å². The third-order valence-electron chi connectivity index (χ3n) is 4.77. The molecule has 1 aromatic rings. The molecule has 2 N–H and O–H groups in total. The average molecular weight is 313 g/mol. The maximum Gasteiger partial charge on any atom is 0.253 e. The van der Waals surface area contributed by atoms with Gasteiger partial charge in [-0.1, -0.05) is 6.08 Å². The van der Waals surface area contributed by atoms with Crippen molar-refractivity contribution in [2.75, 3.05) is 26.2 Å². The van der Waals surface area contributed by atoms with Crippen molar-refractivity contribution < 1.29 is 9.59 Å². The van der Waals surface area contributed by atoms with Crippen molar-refractivity contribution in [3.8, 4) is 0 Å². The van der Waals surface area contributed by atoms with Gasteiger partial charge in [-0.3, -0.25) is 9.59 Å². The van der Waals surface area contributed by atoms with Gasteiger partial charge in [-0.2, -0.15) is 0 Å². The molecular formula is C18H23N3O2. The highest BCUT2D eigenvalue weighted by Gasteiger charge is 2.34. The van der Waals surface area contributed by atoms with E-state index >= 15 is 0 Å². The van der Waals surface area contributed by atoms with Crippen molar-refractivity contribution in [1.82, 2.24) is 15.5 Å². The molecule has 0 radical (unpaired) electrons. The van der Waals surface area contributed by atoms with E-state index in [-0.39, 0.29) is 11.8 Å². The van der Waals surface area contributed by atoms with Crippen LogP contribution in [0.5, 0.6) is 0 Å². The van der Waals surface area contributed by atoms with E-state index in [9.17, 15) is 9.59 Å². The molecule has 2 saturated heterocycles. The standard InChI is InChI=1S/C18H23N3O2/c1-2-9-20-17(22)14-3-5-15(6-4-14)18(23)21-11-8-13-7-10-19-16(13)12-21/h2-6,13,16,19H,1,7-12H2,(H,20,22)/t13-,16+/m0/s1. The van der Waals surface area contributed by atoms with Gasteiger partial charge in [0.1, 0.15) is 0 Å². The summed E-state index contributed by atoms with van der Waals surface area (Å²) in [7, 11) is 0. The predicted molar refractivity (Wildman–Crippen MR) is 89.4 cm³/mol. The molecular weight excluding hydrogens is 290 g/mol. The van der Waals surface area contributed by atoms with Gasteiger partial charge in [-0.25, -0.2) is 0 Å². The molecule has 5 nitrogen and oxygen atoms in total. The fraction of sp³-hybridized carbons (Fsp3) is 0.444. The number of amides is 2. The van der Waals surface area contributed by atoms with Crippen LogP contribution in [0.4, 0.5) is 0 Å². The summed E-state index contributed by atoms with van der Waals surface area (Å²) in [6.07, 6.45) is 3.93. The van der Waals surface area contributed by atoms with Gasteiger partial charge in [0.25, 0.3) is 11.8 Å². The van der Waals surface area contributed by atoms with Gasteiger partial charge < -0.3 is 15.5 Å². The van der Waals surface area contributed by atoms with Crippen molar-refractivity contribution in [1.29, 1.82) is 0 Å². The molecule has 2 heterocycles. The normalized spacial score (nSPS) is 23.2. The lowest BCUT2D eigenvalue weighted by molar-refractivity contribution is 0.0669. The molecule has 0 aliphatic carbocycles. The molecule has 0 spiro atoms. The first-order chi connectivity index (χ1) is 11.2. The zero-order chi connectivity index (χ0) is 16.2. The zero-order valence-corrected chi connectivity index (χ0v) is 13.3. The molecule has 2 fully saturated rings. The van der Waals surface area contributed by atoms with Crippen LogP contribution in [0.1, 0.15) is 33.6 Å². The average Bonchev–Trinajstić information content (AvgIpc) is 3.06. The molecule has 5 heteroatoms. The summed E-state index contributed by atoms with van der Waals surface area (Å²) in [4.78, 5) is 26.4. The molecule has 122 valence electrons. The lowest BCUT2D eigenvalue weighted by Gasteiger charge is -2.35. The first kappa shape index (κ1) is 15.7. The van der Waals surface area contributed by atoms with E-state index in [0.29, 0.717) is 23.7 Å². The van der Waals surface area contributed by atoms with Gasteiger partial charge in [0.05, 0.1) is 0 Å². The summed E-state index contributed by atoms with van der Waals surface area (Å²) in [5.41, 5.74) is 1.20. The molecule has 0 saturated carbocycles. The van der Waals surface area contributed by atoms with Gasteiger partial charge in [-0.05, 0) is 49.6 Å². The number of likely N-dealkylation sites (tertiary alicyclic amines) is 1. The number of carbonyl (C=O) groups is 2. The number of benzene rings is 1. The maximum atomic E-state index is 12.6. The molecule has 23 heavy (non-hydrogen) atoms. The number of piperidine rings is 1. The monoisotopic (exact) mass is 313 g/mol. The quantitative estimate of drug-likeness (QED) is 0.827. The summed E-state index contributed by atoms with van der Waals surface area (Å²) in [5.74, 6) is 0.616. The van der Waals surface area contributed by atoms with Crippen LogP contribution in [-0.4, -0.2) is 48.9 Å². The number of rotatable bonds is 4. The van der Waals surface area contributed by atoms with Gasteiger partial charge in [0.15, 0.2) is 0 Å². The van der Waals surface area contributed by atoms with Gasteiger partial charge >= 0.3 is 0 Å². The summed E-state index contributed by atoms with van der Waals surface area (Å²) < 4.78 is 0. The molecule has 2 aliphatic rings. The Balaban J connectivity index is 1.63. The fourth-order valence-corrected chi connectivity index (χ4v) is 3.43. The third kappa shape index (κ3) is 3.45. The molecule has 0 bridgehead atoms. The molecule has 1 aromatic carbocycles. The van der Waals surface area contributed by atoms with Crippen LogP contribution in [0.3, 0.4) is 0 Å². The largest absolute Gasteiger partial charge is 0.349 e. The van der Waals surface area contributed by atoms with Crippen LogP contribution in [0, 0.1) is 5.92 Å². The Hall–Kier alpha value is -2.14. The van der Waals surface area contributed by atoms with Crippen LogP contribution in [0.15, 0.2) is 36.9 Å². The Kier molecular flexibility index (Phi) is 4.76. The van der Waals surface area contributed by atoms with E-state index in [4.69, 9.17) is 0 Å². The molecule has 0 unspecified atom stereocenters. The van der Waals surface area contributed by atoms with E-state index in [1.165, 1.54) is 6.42 Å². The van der Waals surface area contributed by atoms with E-state index in [1.54, 1.807) is 30.3 Å². The number of nitrogens with one attached hydrogen (secondary N) is 2. The Morgan fingerprint density at radius 1 is 1.26 bits per heavy atom. The van der Waals surface area contributed by atoms with Crippen molar-refractivity contribution in [2.24, 2.45) is 5.92 Å². The van der Waals surface area contributed by atoms with Crippen LogP contribution in [0.25, 0.3) is 0 Å². The third-order valence-corrected chi connectivity index (χ3v) is 4.77. The predicted octanol–water partition coefficient (Wildman–Crippen LogP) is 1.43. The molecule has 2 aliphatic heterocycles. The topological polar surface area (TPSA) is 61.4 Å². The van der Waals surface area contributed by atoms with E-state index in [2.05, 4.69) is 17.2 Å². The van der Waals surface area contributed by atoms with Crippen LogP contribution in [-0.2, 0) is 0 Å². The van der Waals surface area contributed by atoms with Crippen LogP contribution >= 0.6 is 0 Å². The first-order valence-electron chi connectivity index (χ1n) is 8.21. The van der Waals surface area contributed by atoms with Crippen molar-refractivity contribution in [3.05, 3.63) is 48.0 Å². The molecule has 2 atom stereocenters. The summed E-state index contributed by atoms with van der Waals surface area (Å²) >= 11 is 0. The smallest absolute Gasteiger partial charge is 0.253 e. The highest BCUT2D eigenvalue weighted by Crippen LogP contribution is 2.26. The Morgan fingerprint density at radius 2 is 2.00 bits per heavy atom. The number of nitrogens with zero attached hydrogens (tertiary/aromatic N) is 1. The van der Waals surface area contributed by atoms with Crippen LogP contribution in [0.2, 0.25) is 0 Å². The number of hydrogen-bond donors (Lipinski definition) is 2. The Bertz CT molecular complexity index is 597.